The molecule has 0 spiro atoms. The lowest BCUT2D eigenvalue weighted by atomic mass is 9.76. The van der Waals surface area contributed by atoms with E-state index in [-0.39, 0.29) is 5.41 Å². The van der Waals surface area contributed by atoms with Gasteiger partial charge in [0.25, 0.3) is 0 Å². The molecule has 1 rings (SSSR count). The summed E-state index contributed by atoms with van der Waals surface area (Å²) in [6.07, 6.45) is 9.61. The molecule has 3 unspecified atom stereocenters. The van der Waals surface area contributed by atoms with Gasteiger partial charge < -0.3 is 5.11 Å². The molecule has 3 atom stereocenters. The van der Waals surface area contributed by atoms with Crippen molar-refractivity contribution < 1.29 is 5.11 Å². The number of hydrogen-bond acceptors (Lipinski definition) is 1. The molecule has 1 N–H and O–H groups in total. The Hall–Kier alpha value is 0.170. The lowest BCUT2D eigenvalue weighted by molar-refractivity contribution is 0.0969. The van der Waals surface area contributed by atoms with E-state index in [4.69, 9.17) is 0 Å². The molecule has 1 nitrogen and oxygen atoms in total. The predicted molar refractivity (Wildman–Crippen MR) is 79.0 cm³/mol. The van der Waals surface area contributed by atoms with E-state index in [1.54, 1.807) is 0 Å². The molecule has 2 heteroatoms. The Morgan fingerprint density at radius 1 is 1.56 bits per heavy atom. The highest BCUT2D eigenvalue weighted by atomic mass is 127. The van der Waals surface area contributed by atoms with E-state index in [9.17, 15) is 5.11 Å². The molecule has 0 bridgehead atoms. The van der Waals surface area contributed by atoms with Gasteiger partial charge in [0, 0.05) is 9.34 Å². The van der Waals surface area contributed by atoms with Gasteiger partial charge in [0.05, 0.1) is 5.60 Å². The SMILES string of the molecule is CCC(I)C1(C)C=CC(C(C)(O)CC)=CC1. The molecule has 0 aromatic heterocycles. The first kappa shape index (κ1) is 14.2. The number of allylic oxidation sites excluding steroid dienone is 2. The van der Waals surface area contributed by atoms with Gasteiger partial charge in [-0.15, -0.1) is 0 Å². The van der Waals surface area contributed by atoms with Crippen LogP contribution in [0.4, 0.5) is 0 Å². The summed E-state index contributed by atoms with van der Waals surface area (Å²) in [6, 6.07) is 0. The molecule has 92 valence electrons. The molecule has 0 fully saturated rings. The van der Waals surface area contributed by atoms with E-state index in [0.29, 0.717) is 3.92 Å². The van der Waals surface area contributed by atoms with Gasteiger partial charge in [0.1, 0.15) is 0 Å². The zero-order valence-electron chi connectivity index (χ0n) is 10.8. The van der Waals surface area contributed by atoms with Gasteiger partial charge in [-0.2, -0.15) is 0 Å². The maximum Gasteiger partial charge on any atom is 0.0862 e. The Morgan fingerprint density at radius 2 is 2.19 bits per heavy atom. The molecule has 1 aliphatic carbocycles. The summed E-state index contributed by atoms with van der Waals surface area (Å²) in [6.45, 7) is 8.46. The van der Waals surface area contributed by atoms with Crippen LogP contribution in [0, 0.1) is 5.41 Å². The third kappa shape index (κ3) is 2.89. The van der Waals surface area contributed by atoms with E-state index in [2.05, 4.69) is 54.7 Å². The standard InChI is InChI=1S/C14H23IO/c1-5-12(15)13(3)9-7-11(8-10-13)14(4,16)6-2/h7-9,12,16H,5-6,10H2,1-4H3. The molecule has 0 saturated heterocycles. The Kier molecular flexibility index (Phi) is 4.64. The molecule has 0 amide bonds. The van der Waals surface area contributed by atoms with Crippen molar-refractivity contribution in [2.24, 2.45) is 5.41 Å². The summed E-state index contributed by atoms with van der Waals surface area (Å²) in [4.78, 5) is 0. The molecule has 1 aliphatic rings. The second kappa shape index (κ2) is 5.21. The van der Waals surface area contributed by atoms with Crippen molar-refractivity contribution in [1.82, 2.24) is 0 Å². The van der Waals surface area contributed by atoms with Crippen LogP contribution in [-0.4, -0.2) is 14.6 Å². The minimum Gasteiger partial charge on any atom is -0.385 e. The fourth-order valence-corrected chi connectivity index (χ4v) is 2.51. The minimum absolute atomic E-state index is 0.253. The summed E-state index contributed by atoms with van der Waals surface area (Å²) in [5.74, 6) is 0. The van der Waals surface area contributed by atoms with Crippen molar-refractivity contribution in [3.63, 3.8) is 0 Å². The summed E-state index contributed by atoms with van der Waals surface area (Å²) in [7, 11) is 0. The highest BCUT2D eigenvalue weighted by molar-refractivity contribution is 14.1. The largest absolute Gasteiger partial charge is 0.385 e. The molecule has 0 aliphatic heterocycles. The van der Waals surface area contributed by atoms with Crippen LogP contribution in [0.5, 0.6) is 0 Å². The summed E-state index contributed by atoms with van der Waals surface area (Å²) in [5.41, 5.74) is 0.667. The van der Waals surface area contributed by atoms with Crippen molar-refractivity contribution >= 4 is 22.6 Å². The summed E-state index contributed by atoms with van der Waals surface area (Å²) in [5, 5.41) is 10.2. The molecule has 0 aromatic carbocycles. The van der Waals surface area contributed by atoms with E-state index in [1.165, 1.54) is 6.42 Å². The van der Waals surface area contributed by atoms with Crippen LogP contribution in [0.15, 0.2) is 23.8 Å². The Bertz CT molecular complexity index is 304. The summed E-state index contributed by atoms with van der Waals surface area (Å²) < 4.78 is 0.658. The third-order valence-corrected chi connectivity index (χ3v) is 6.09. The molecular weight excluding hydrogens is 311 g/mol. The zero-order chi connectivity index (χ0) is 12.4. The van der Waals surface area contributed by atoms with Crippen LogP contribution in [0.25, 0.3) is 0 Å². The smallest absolute Gasteiger partial charge is 0.0862 e. The highest BCUT2D eigenvalue weighted by Gasteiger charge is 2.32. The fourth-order valence-electron chi connectivity index (χ4n) is 2.05. The topological polar surface area (TPSA) is 20.2 Å². The number of halogens is 1. The van der Waals surface area contributed by atoms with Gasteiger partial charge in [-0.25, -0.2) is 0 Å². The second-order valence-electron chi connectivity index (χ2n) is 5.21. The van der Waals surface area contributed by atoms with Gasteiger partial charge in [0.2, 0.25) is 0 Å². The molecule has 0 radical (unpaired) electrons. The monoisotopic (exact) mass is 334 g/mol. The van der Waals surface area contributed by atoms with Gasteiger partial charge in [0.15, 0.2) is 0 Å². The van der Waals surface area contributed by atoms with Gasteiger partial charge >= 0.3 is 0 Å². The zero-order valence-corrected chi connectivity index (χ0v) is 12.9. The van der Waals surface area contributed by atoms with Gasteiger partial charge in [-0.1, -0.05) is 61.6 Å². The van der Waals surface area contributed by atoms with Crippen LogP contribution >= 0.6 is 22.6 Å². The van der Waals surface area contributed by atoms with Crippen LogP contribution in [0.2, 0.25) is 0 Å². The maximum absolute atomic E-state index is 10.2. The highest BCUT2D eigenvalue weighted by Crippen LogP contribution is 2.40. The number of alkyl halides is 1. The maximum atomic E-state index is 10.2. The van der Waals surface area contributed by atoms with Crippen LogP contribution in [-0.2, 0) is 0 Å². The normalized spacial score (nSPS) is 30.8. The van der Waals surface area contributed by atoms with E-state index >= 15 is 0 Å². The van der Waals surface area contributed by atoms with Crippen molar-refractivity contribution in [2.75, 3.05) is 0 Å². The molecule has 0 aromatic rings. The van der Waals surface area contributed by atoms with Crippen molar-refractivity contribution in [3.05, 3.63) is 23.8 Å². The van der Waals surface area contributed by atoms with E-state index < -0.39 is 5.60 Å². The molecule has 0 saturated carbocycles. The number of aliphatic hydroxyl groups is 1. The Morgan fingerprint density at radius 3 is 2.56 bits per heavy atom. The average Bonchev–Trinajstić information content (AvgIpc) is 2.28. The summed E-state index contributed by atoms with van der Waals surface area (Å²) >= 11 is 2.54. The van der Waals surface area contributed by atoms with Gasteiger partial charge in [-0.3, -0.25) is 0 Å². The first-order valence-electron chi connectivity index (χ1n) is 6.12. The minimum atomic E-state index is -0.662. The van der Waals surface area contributed by atoms with Crippen LogP contribution in [0.3, 0.4) is 0 Å². The first-order chi connectivity index (χ1) is 7.35. The van der Waals surface area contributed by atoms with Crippen LogP contribution in [0.1, 0.15) is 47.0 Å². The molecule has 16 heavy (non-hydrogen) atoms. The van der Waals surface area contributed by atoms with Crippen molar-refractivity contribution in [3.8, 4) is 0 Å². The van der Waals surface area contributed by atoms with E-state index in [1.807, 2.05) is 13.8 Å². The van der Waals surface area contributed by atoms with Crippen LogP contribution < -0.4 is 0 Å². The Labute approximate surface area is 113 Å². The van der Waals surface area contributed by atoms with Crippen molar-refractivity contribution in [2.45, 2.75) is 56.5 Å². The molecular formula is C14H23IO. The lowest BCUT2D eigenvalue weighted by Crippen LogP contribution is -2.31. The quantitative estimate of drug-likeness (QED) is 0.602. The number of rotatable bonds is 4. The number of hydrogen-bond donors (Lipinski definition) is 1. The second-order valence-corrected chi connectivity index (χ2v) is 6.71. The Balaban J connectivity index is 2.81. The first-order valence-corrected chi connectivity index (χ1v) is 7.36. The average molecular weight is 334 g/mol. The van der Waals surface area contributed by atoms with E-state index in [0.717, 1.165) is 18.4 Å². The third-order valence-electron chi connectivity index (χ3n) is 3.79. The van der Waals surface area contributed by atoms with Gasteiger partial charge in [-0.05, 0) is 31.8 Å². The molecule has 0 heterocycles. The fraction of sp³-hybridized carbons (Fsp3) is 0.714. The van der Waals surface area contributed by atoms with Crippen molar-refractivity contribution in [1.29, 1.82) is 0 Å². The lowest BCUT2D eigenvalue weighted by Gasteiger charge is -2.35. The predicted octanol–water partition coefficient (Wildman–Crippen LogP) is 4.25.